The molecule has 1 unspecified atom stereocenters. The highest BCUT2D eigenvalue weighted by molar-refractivity contribution is 5.78. The van der Waals surface area contributed by atoms with Gasteiger partial charge in [-0.15, -0.1) is 0 Å². The van der Waals surface area contributed by atoms with Crippen molar-refractivity contribution in [2.24, 2.45) is 5.92 Å². The largest absolute Gasteiger partial charge is 0.496 e. The van der Waals surface area contributed by atoms with Crippen LogP contribution < -0.4 is 19.7 Å². The van der Waals surface area contributed by atoms with Crippen LogP contribution in [0.1, 0.15) is 37.9 Å². The Hall–Kier alpha value is -3.88. The Balaban J connectivity index is 1.87. The van der Waals surface area contributed by atoms with Crippen molar-refractivity contribution in [2.45, 2.75) is 45.6 Å². The molecule has 198 valence electrons. The fourth-order valence-corrected chi connectivity index (χ4v) is 4.18. The molecule has 0 saturated heterocycles. The van der Waals surface area contributed by atoms with Crippen molar-refractivity contribution in [3.63, 3.8) is 0 Å². The van der Waals surface area contributed by atoms with Crippen molar-refractivity contribution in [3.05, 3.63) is 54.0 Å². The van der Waals surface area contributed by atoms with Gasteiger partial charge in [-0.3, -0.25) is 4.98 Å². The first-order valence-electron chi connectivity index (χ1n) is 12.5. The average molecular weight is 508 g/mol. The summed E-state index contributed by atoms with van der Waals surface area (Å²) in [5, 5.41) is 13.2. The van der Waals surface area contributed by atoms with E-state index in [0.29, 0.717) is 34.9 Å². The van der Waals surface area contributed by atoms with Crippen molar-refractivity contribution in [1.29, 1.82) is 0 Å². The second-order valence-electron chi connectivity index (χ2n) is 9.14. The molecular formula is C28H37N5O4. The molecule has 0 radical (unpaired) electrons. The monoisotopic (exact) mass is 507 g/mol. The highest BCUT2D eigenvalue weighted by atomic mass is 16.5. The number of carboxylic acids is 1. The van der Waals surface area contributed by atoms with Crippen LogP contribution in [0.4, 0.5) is 11.8 Å². The van der Waals surface area contributed by atoms with Crippen LogP contribution >= 0.6 is 0 Å². The van der Waals surface area contributed by atoms with Crippen molar-refractivity contribution >= 4 is 17.7 Å². The third kappa shape index (κ3) is 6.87. The predicted octanol–water partition coefficient (Wildman–Crippen LogP) is 4.71. The molecule has 1 atom stereocenters. The number of methoxy groups -OCH3 is 2. The quantitative estimate of drug-likeness (QED) is 0.340. The number of hydrogen-bond acceptors (Lipinski definition) is 8. The summed E-state index contributed by atoms with van der Waals surface area (Å²) in [4.78, 5) is 27.7. The Kier molecular flexibility index (Phi) is 9.65. The van der Waals surface area contributed by atoms with Gasteiger partial charge in [0.15, 0.2) is 0 Å². The summed E-state index contributed by atoms with van der Waals surface area (Å²) in [7, 11) is 6.93. The molecule has 0 aliphatic rings. The van der Waals surface area contributed by atoms with Crippen LogP contribution in [0.2, 0.25) is 0 Å². The van der Waals surface area contributed by atoms with Crippen LogP contribution in [0.25, 0.3) is 11.1 Å². The molecular weight excluding hydrogens is 470 g/mol. The number of nitrogens with one attached hydrogen (secondary N) is 1. The van der Waals surface area contributed by atoms with Gasteiger partial charge >= 0.3 is 5.97 Å². The molecule has 2 heterocycles. The van der Waals surface area contributed by atoms with E-state index >= 15 is 0 Å². The number of nitrogens with zero attached hydrogens (tertiary/aromatic N) is 4. The number of rotatable bonds is 13. The van der Waals surface area contributed by atoms with Crippen molar-refractivity contribution in [2.75, 3.05) is 38.5 Å². The van der Waals surface area contributed by atoms with Crippen molar-refractivity contribution in [3.8, 4) is 22.6 Å². The molecule has 0 saturated carbocycles. The van der Waals surface area contributed by atoms with Crippen molar-refractivity contribution < 1.29 is 19.4 Å². The minimum absolute atomic E-state index is 0.185. The Labute approximate surface area is 218 Å². The summed E-state index contributed by atoms with van der Waals surface area (Å²) in [6, 6.07) is 8.39. The zero-order valence-electron chi connectivity index (χ0n) is 22.5. The molecule has 2 N–H and O–H groups in total. The first kappa shape index (κ1) is 27.7. The standard InChI is InChI=1S/C28H37N5O4/c1-7-18(8-2)14-20-17-30-28(33(3)4)32-26(20)31-22(27(34)35)15-21-13-12-19(16-29-21)25-23(36-5)10-9-11-24(25)37-6/h9-13,16-18,22H,7-8,14-15H2,1-6H3,(H,34,35)(H,30,31,32). The molecule has 0 aliphatic heterocycles. The van der Waals surface area contributed by atoms with Crippen LogP contribution in [0.15, 0.2) is 42.7 Å². The lowest BCUT2D eigenvalue weighted by Crippen LogP contribution is -2.33. The van der Waals surface area contributed by atoms with Gasteiger partial charge in [-0.05, 0) is 30.5 Å². The van der Waals surface area contributed by atoms with Crippen LogP contribution in [-0.4, -0.2) is 60.4 Å². The molecule has 9 nitrogen and oxygen atoms in total. The van der Waals surface area contributed by atoms with Gasteiger partial charge < -0.3 is 24.8 Å². The molecule has 0 bridgehead atoms. The Bertz CT molecular complexity index is 1160. The number of hydrogen-bond donors (Lipinski definition) is 2. The predicted molar refractivity (Wildman–Crippen MR) is 146 cm³/mol. The van der Waals surface area contributed by atoms with Crippen LogP contribution in [-0.2, 0) is 17.6 Å². The molecule has 1 aromatic carbocycles. The maximum atomic E-state index is 12.3. The van der Waals surface area contributed by atoms with Gasteiger partial charge in [0.2, 0.25) is 5.95 Å². The maximum Gasteiger partial charge on any atom is 0.326 e. The molecule has 2 aromatic heterocycles. The first-order valence-corrected chi connectivity index (χ1v) is 12.5. The Morgan fingerprint density at radius 1 is 1.00 bits per heavy atom. The number of carbonyl (C=O) groups is 1. The fourth-order valence-electron chi connectivity index (χ4n) is 4.18. The number of aliphatic carboxylic acids is 1. The van der Waals surface area contributed by atoms with Gasteiger partial charge in [-0.25, -0.2) is 9.78 Å². The van der Waals surface area contributed by atoms with Crippen LogP contribution in [0.5, 0.6) is 11.5 Å². The van der Waals surface area contributed by atoms with Gasteiger partial charge in [0.25, 0.3) is 0 Å². The maximum absolute atomic E-state index is 12.3. The molecule has 0 fully saturated rings. The lowest BCUT2D eigenvalue weighted by Gasteiger charge is -2.21. The Morgan fingerprint density at radius 3 is 2.19 bits per heavy atom. The van der Waals surface area contributed by atoms with Crippen LogP contribution in [0, 0.1) is 5.92 Å². The number of carboxylic acid groups (broad SMARTS) is 1. The van der Waals surface area contributed by atoms with Crippen LogP contribution in [0.3, 0.4) is 0 Å². The molecule has 3 aromatic rings. The Morgan fingerprint density at radius 2 is 1.68 bits per heavy atom. The SMILES string of the molecule is CCC(CC)Cc1cnc(N(C)C)nc1NC(Cc1ccc(-c2c(OC)cccc2OC)cn1)C(=O)O. The van der Waals surface area contributed by atoms with Gasteiger partial charge in [-0.1, -0.05) is 38.8 Å². The zero-order chi connectivity index (χ0) is 26.9. The van der Waals surface area contributed by atoms with E-state index < -0.39 is 12.0 Å². The van der Waals surface area contributed by atoms with E-state index in [1.807, 2.05) is 44.4 Å². The summed E-state index contributed by atoms with van der Waals surface area (Å²) in [5.41, 5.74) is 3.16. The number of benzene rings is 1. The second-order valence-corrected chi connectivity index (χ2v) is 9.14. The number of anilines is 2. The normalized spacial score (nSPS) is 11.8. The third-order valence-corrected chi connectivity index (χ3v) is 6.48. The van der Waals surface area contributed by atoms with Gasteiger partial charge in [0, 0.05) is 49.7 Å². The van der Waals surface area contributed by atoms with E-state index in [4.69, 9.17) is 9.47 Å². The van der Waals surface area contributed by atoms with Gasteiger partial charge in [0.05, 0.1) is 19.8 Å². The molecule has 0 aliphatic carbocycles. The lowest BCUT2D eigenvalue weighted by atomic mass is 9.95. The highest BCUT2D eigenvalue weighted by Gasteiger charge is 2.23. The van der Waals surface area contributed by atoms with Crippen molar-refractivity contribution in [1.82, 2.24) is 15.0 Å². The zero-order valence-corrected chi connectivity index (χ0v) is 22.5. The minimum atomic E-state index is -0.976. The van der Waals surface area contributed by atoms with E-state index in [0.717, 1.165) is 36.0 Å². The highest BCUT2D eigenvalue weighted by Crippen LogP contribution is 2.37. The summed E-state index contributed by atoms with van der Waals surface area (Å²) in [5.74, 6) is 1.91. The summed E-state index contributed by atoms with van der Waals surface area (Å²) in [6.45, 7) is 4.32. The number of ether oxygens (including phenoxy) is 2. The lowest BCUT2D eigenvalue weighted by molar-refractivity contribution is -0.137. The summed E-state index contributed by atoms with van der Waals surface area (Å²) >= 11 is 0. The van der Waals surface area contributed by atoms with Gasteiger partial charge in [0.1, 0.15) is 23.4 Å². The average Bonchev–Trinajstić information content (AvgIpc) is 2.91. The van der Waals surface area contributed by atoms with E-state index in [9.17, 15) is 9.90 Å². The molecule has 0 spiro atoms. The minimum Gasteiger partial charge on any atom is -0.496 e. The summed E-state index contributed by atoms with van der Waals surface area (Å²) < 4.78 is 11.0. The van der Waals surface area contributed by atoms with Gasteiger partial charge in [-0.2, -0.15) is 4.98 Å². The second kappa shape index (κ2) is 12.9. The first-order chi connectivity index (χ1) is 17.8. The fraction of sp³-hybridized carbons (Fsp3) is 0.429. The van der Waals surface area contributed by atoms with E-state index in [1.54, 1.807) is 31.5 Å². The molecule has 37 heavy (non-hydrogen) atoms. The van der Waals surface area contributed by atoms with E-state index in [-0.39, 0.29) is 6.42 Å². The number of aromatic nitrogens is 3. The van der Waals surface area contributed by atoms with E-state index in [2.05, 4.69) is 34.1 Å². The molecule has 3 rings (SSSR count). The topological polar surface area (TPSA) is 110 Å². The third-order valence-electron chi connectivity index (χ3n) is 6.48. The molecule has 9 heteroatoms. The van der Waals surface area contributed by atoms with E-state index in [1.165, 1.54) is 0 Å². The number of pyridine rings is 1. The summed E-state index contributed by atoms with van der Waals surface area (Å²) in [6.07, 6.45) is 6.53. The smallest absolute Gasteiger partial charge is 0.326 e. The molecule has 0 amide bonds.